The second kappa shape index (κ2) is 11.3. The van der Waals surface area contributed by atoms with Gasteiger partial charge in [-0.05, 0) is 44.4 Å². The molecule has 0 radical (unpaired) electrons. The van der Waals surface area contributed by atoms with E-state index in [9.17, 15) is 27.6 Å². The molecule has 0 saturated heterocycles. The third-order valence-corrected chi connectivity index (χ3v) is 5.56. The van der Waals surface area contributed by atoms with Crippen molar-refractivity contribution in [3.63, 3.8) is 0 Å². The van der Waals surface area contributed by atoms with Crippen molar-refractivity contribution < 1.29 is 46.2 Å². The largest absolute Gasteiger partial charge is 0.487 e. The zero-order chi connectivity index (χ0) is 28.3. The maximum atomic E-state index is 16.1. The lowest BCUT2D eigenvalue weighted by Crippen LogP contribution is -2.45. The molecule has 2 aromatic carbocycles. The predicted molar refractivity (Wildman–Crippen MR) is 128 cm³/mol. The van der Waals surface area contributed by atoms with Crippen molar-refractivity contribution in [2.45, 2.75) is 52.1 Å². The van der Waals surface area contributed by atoms with E-state index >= 15 is 4.39 Å². The number of rotatable bonds is 6. The van der Waals surface area contributed by atoms with Crippen molar-refractivity contribution >= 4 is 23.7 Å². The summed E-state index contributed by atoms with van der Waals surface area (Å²) < 4.78 is 72.2. The summed E-state index contributed by atoms with van der Waals surface area (Å²) in [6.07, 6.45) is -6.01. The van der Waals surface area contributed by atoms with Crippen LogP contribution >= 0.6 is 0 Å². The molecule has 3 rings (SSSR count). The van der Waals surface area contributed by atoms with Gasteiger partial charge < -0.3 is 19.1 Å². The van der Waals surface area contributed by atoms with E-state index in [1.54, 1.807) is 51.1 Å². The number of alkyl halides is 3. The normalized spacial score (nSPS) is 13.4. The standard InChI is InChI=1S/C26H28F4N2O6/c1-25(2,3)38-24(35)31-11-10-17-12-19(37-15-16-8-6-5-7-9-16)22(21(27)18(17)13-31)32(14-20(33)36-4)23(34)26(28,29)30/h5-9,12H,10-11,13-15H2,1-4H3. The highest BCUT2D eigenvalue weighted by Gasteiger charge is 2.46. The van der Waals surface area contributed by atoms with Crippen LogP contribution in [0.3, 0.4) is 0 Å². The van der Waals surface area contributed by atoms with Gasteiger partial charge in [0, 0.05) is 12.1 Å². The van der Waals surface area contributed by atoms with Crippen LogP contribution < -0.4 is 9.64 Å². The average molecular weight is 541 g/mol. The third-order valence-electron chi connectivity index (χ3n) is 5.56. The van der Waals surface area contributed by atoms with Crippen LogP contribution in [0.15, 0.2) is 36.4 Å². The summed E-state index contributed by atoms with van der Waals surface area (Å²) in [6.45, 7) is 3.44. The predicted octanol–water partition coefficient (Wildman–Crippen LogP) is 4.77. The van der Waals surface area contributed by atoms with Gasteiger partial charge in [0.2, 0.25) is 0 Å². The minimum atomic E-state index is -5.43. The molecule has 0 spiro atoms. The van der Waals surface area contributed by atoms with Gasteiger partial charge in [0.25, 0.3) is 0 Å². The molecule has 0 unspecified atom stereocenters. The molecule has 0 aromatic heterocycles. The van der Waals surface area contributed by atoms with Crippen molar-refractivity contribution in [2.24, 2.45) is 0 Å². The van der Waals surface area contributed by atoms with E-state index in [0.717, 1.165) is 7.11 Å². The Kier molecular flexibility index (Phi) is 8.53. The quantitative estimate of drug-likeness (QED) is 0.388. The van der Waals surface area contributed by atoms with Crippen molar-refractivity contribution in [3.8, 4) is 5.75 Å². The van der Waals surface area contributed by atoms with E-state index < -0.39 is 47.8 Å². The Morgan fingerprint density at radius 2 is 1.74 bits per heavy atom. The molecular weight excluding hydrogens is 512 g/mol. The molecule has 0 fully saturated rings. The maximum absolute atomic E-state index is 16.1. The first-order valence-corrected chi connectivity index (χ1v) is 11.7. The van der Waals surface area contributed by atoms with E-state index in [-0.39, 0.29) is 42.3 Å². The first-order valence-electron chi connectivity index (χ1n) is 11.7. The number of carbonyl (C=O) groups excluding carboxylic acids is 3. The third kappa shape index (κ3) is 6.93. The van der Waals surface area contributed by atoms with Crippen molar-refractivity contribution in [1.29, 1.82) is 0 Å². The van der Waals surface area contributed by atoms with Crippen LogP contribution in [0.4, 0.5) is 28.0 Å². The lowest BCUT2D eigenvalue weighted by molar-refractivity contribution is -0.171. The Balaban J connectivity index is 2.11. The summed E-state index contributed by atoms with van der Waals surface area (Å²) in [6, 6.07) is 9.91. The number of methoxy groups -OCH3 is 1. The number of carbonyl (C=O) groups is 3. The van der Waals surface area contributed by atoms with Gasteiger partial charge in [0.15, 0.2) is 5.82 Å². The fourth-order valence-electron chi connectivity index (χ4n) is 3.80. The molecule has 0 atom stereocenters. The number of fused-ring (bicyclic) bond motifs is 1. The van der Waals surface area contributed by atoms with Gasteiger partial charge >= 0.3 is 24.1 Å². The molecule has 1 aliphatic rings. The van der Waals surface area contributed by atoms with Gasteiger partial charge in [-0.2, -0.15) is 13.2 Å². The number of esters is 1. The van der Waals surface area contributed by atoms with Gasteiger partial charge in [-0.25, -0.2) is 9.18 Å². The smallest absolute Gasteiger partial charge is 0.471 e. The molecule has 0 saturated carbocycles. The summed E-state index contributed by atoms with van der Waals surface area (Å²) in [5.74, 6) is -5.27. The van der Waals surface area contributed by atoms with E-state index in [1.807, 2.05) is 0 Å². The van der Waals surface area contributed by atoms with Crippen molar-refractivity contribution in [1.82, 2.24) is 4.90 Å². The molecule has 2 amide bonds. The van der Waals surface area contributed by atoms with E-state index in [4.69, 9.17) is 9.47 Å². The number of ether oxygens (including phenoxy) is 3. The molecule has 1 aliphatic heterocycles. The second-order valence-corrected chi connectivity index (χ2v) is 9.57. The summed E-state index contributed by atoms with van der Waals surface area (Å²) in [5, 5.41) is 0. The summed E-state index contributed by atoms with van der Waals surface area (Å²) in [4.78, 5) is 38.1. The fraction of sp³-hybridized carbons (Fsp3) is 0.423. The van der Waals surface area contributed by atoms with E-state index in [2.05, 4.69) is 4.74 Å². The van der Waals surface area contributed by atoms with Crippen molar-refractivity contribution in [3.05, 3.63) is 58.9 Å². The minimum absolute atomic E-state index is 0.0474. The van der Waals surface area contributed by atoms with Gasteiger partial charge in [-0.3, -0.25) is 14.5 Å². The Bertz CT molecular complexity index is 1190. The monoisotopic (exact) mass is 540 g/mol. The highest BCUT2D eigenvalue weighted by Crippen LogP contribution is 2.40. The Morgan fingerprint density at radius 1 is 1.08 bits per heavy atom. The minimum Gasteiger partial charge on any atom is -0.487 e. The van der Waals surface area contributed by atoms with Gasteiger partial charge in [0.05, 0.1) is 13.7 Å². The van der Waals surface area contributed by atoms with Gasteiger partial charge in [-0.1, -0.05) is 30.3 Å². The van der Waals surface area contributed by atoms with Crippen LogP contribution in [0.5, 0.6) is 5.75 Å². The number of benzene rings is 2. The lowest BCUT2D eigenvalue weighted by Gasteiger charge is -2.33. The summed E-state index contributed by atoms with van der Waals surface area (Å²) in [5.41, 5.74) is -0.805. The topological polar surface area (TPSA) is 85.4 Å². The van der Waals surface area contributed by atoms with Crippen LogP contribution in [0.1, 0.15) is 37.5 Å². The Morgan fingerprint density at radius 3 is 2.32 bits per heavy atom. The second-order valence-electron chi connectivity index (χ2n) is 9.57. The fourth-order valence-corrected chi connectivity index (χ4v) is 3.80. The number of anilines is 1. The summed E-state index contributed by atoms with van der Waals surface area (Å²) >= 11 is 0. The molecule has 0 bridgehead atoms. The highest BCUT2D eigenvalue weighted by atomic mass is 19.4. The van der Waals surface area contributed by atoms with E-state index in [1.165, 1.54) is 11.0 Å². The number of hydrogen-bond acceptors (Lipinski definition) is 6. The first-order chi connectivity index (χ1) is 17.7. The van der Waals surface area contributed by atoms with Crippen LogP contribution in [0.25, 0.3) is 0 Å². The Labute approximate surface area is 217 Å². The Hall–Kier alpha value is -3.83. The number of hydrogen-bond donors (Lipinski definition) is 0. The molecular formula is C26H28F4N2O6. The van der Waals surface area contributed by atoms with Gasteiger partial charge in [0.1, 0.15) is 30.2 Å². The zero-order valence-corrected chi connectivity index (χ0v) is 21.4. The molecule has 8 nitrogen and oxygen atoms in total. The maximum Gasteiger partial charge on any atom is 0.471 e. The lowest BCUT2D eigenvalue weighted by atomic mass is 9.97. The SMILES string of the molecule is COC(=O)CN(C(=O)C(F)(F)F)c1c(OCc2ccccc2)cc2c(c1F)CN(C(=O)OC(C)(C)C)CC2. The van der Waals surface area contributed by atoms with Gasteiger partial charge in [-0.15, -0.1) is 0 Å². The molecule has 38 heavy (non-hydrogen) atoms. The highest BCUT2D eigenvalue weighted by molar-refractivity contribution is 6.02. The number of amides is 2. The first kappa shape index (κ1) is 28.7. The molecule has 0 aliphatic carbocycles. The van der Waals surface area contributed by atoms with Crippen molar-refractivity contribution in [2.75, 3.05) is 25.1 Å². The van der Waals surface area contributed by atoms with E-state index in [0.29, 0.717) is 11.1 Å². The average Bonchev–Trinajstić information content (AvgIpc) is 2.84. The van der Waals surface area contributed by atoms with Crippen LogP contribution in [0.2, 0.25) is 0 Å². The van der Waals surface area contributed by atoms with Crippen LogP contribution in [0, 0.1) is 5.82 Å². The van der Waals surface area contributed by atoms with Crippen LogP contribution in [-0.4, -0.2) is 54.8 Å². The molecule has 0 N–H and O–H groups in total. The molecule has 1 heterocycles. The van der Waals surface area contributed by atoms with Crippen LogP contribution in [-0.2, 0) is 38.6 Å². The molecule has 12 heteroatoms. The molecule has 2 aromatic rings. The summed E-state index contributed by atoms with van der Waals surface area (Å²) in [7, 11) is 0.924. The number of halogens is 4. The zero-order valence-electron chi connectivity index (χ0n) is 21.4. The number of nitrogens with zero attached hydrogens (tertiary/aromatic N) is 2. The molecule has 206 valence electrons.